The molecule has 1 amide bonds. The first-order chi connectivity index (χ1) is 9.65. The second kappa shape index (κ2) is 7.20. The van der Waals surface area contributed by atoms with Crippen molar-refractivity contribution in [2.24, 2.45) is 5.92 Å². The number of nitrogens with one attached hydrogen (secondary N) is 3. The van der Waals surface area contributed by atoms with Crippen LogP contribution in [0.3, 0.4) is 0 Å². The normalized spacial score (nSPS) is 18.1. The summed E-state index contributed by atoms with van der Waals surface area (Å²) in [6, 6.07) is 7.26. The third-order valence-corrected chi connectivity index (χ3v) is 3.63. The number of halogens is 1. The van der Waals surface area contributed by atoms with E-state index in [1.54, 1.807) is 12.1 Å². The Kier molecular flexibility index (Phi) is 5.30. The maximum Gasteiger partial charge on any atom is 0.257 e. The molecule has 0 spiro atoms. The fourth-order valence-corrected chi connectivity index (χ4v) is 2.27. The van der Waals surface area contributed by atoms with Gasteiger partial charge in [0.1, 0.15) is 0 Å². The number of benzene rings is 1. The van der Waals surface area contributed by atoms with E-state index in [4.69, 9.17) is 11.6 Å². The van der Waals surface area contributed by atoms with E-state index in [1.807, 2.05) is 12.1 Å². The van der Waals surface area contributed by atoms with Crippen molar-refractivity contribution < 1.29 is 4.79 Å². The van der Waals surface area contributed by atoms with E-state index in [-0.39, 0.29) is 12.5 Å². The van der Waals surface area contributed by atoms with E-state index < -0.39 is 0 Å². The predicted molar refractivity (Wildman–Crippen MR) is 82.3 cm³/mol. The fraction of sp³-hybridized carbons (Fsp3) is 0.400. The van der Waals surface area contributed by atoms with Gasteiger partial charge in [-0.3, -0.25) is 10.2 Å². The number of carbonyl (C=O) groups is 1. The van der Waals surface area contributed by atoms with E-state index in [0.29, 0.717) is 10.9 Å². The smallest absolute Gasteiger partial charge is 0.257 e. The van der Waals surface area contributed by atoms with Crippen molar-refractivity contribution in [3.8, 4) is 0 Å². The van der Waals surface area contributed by atoms with Gasteiger partial charge < -0.3 is 10.7 Å². The summed E-state index contributed by atoms with van der Waals surface area (Å²) < 4.78 is 0. The summed E-state index contributed by atoms with van der Waals surface area (Å²) in [5.41, 5.74) is 7.71. The van der Waals surface area contributed by atoms with Gasteiger partial charge in [-0.15, -0.1) is 0 Å². The van der Waals surface area contributed by atoms with Crippen LogP contribution >= 0.6 is 11.6 Å². The predicted octanol–water partition coefficient (Wildman–Crippen LogP) is 3.08. The van der Waals surface area contributed by atoms with Crippen molar-refractivity contribution in [1.82, 2.24) is 10.9 Å². The lowest BCUT2D eigenvalue weighted by atomic mass is 9.94. The van der Waals surface area contributed by atoms with Crippen molar-refractivity contribution >= 4 is 23.2 Å². The Balaban J connectivity index is 1.73. The highest BCUT2D eigenvalue weighted by atomic mass is 35.5. The zero-order valence-electron chi connectivity index (χ0n) is 11.6. The van der Waals surface area contributed by atoms with Crippen LogP contribution in [-0.4, -0.2) is 12.5 Å². The summed E-state index contributed by atoms with van der Waals surface area (Å²) in [7, 11) is 0. The topological polar surface area (TPSA) is 53.2 Å². The van der Waals surface area contributed by atoms with Crippen molar-refractivity contribution in [3.05, 3.63) is 41.1 Å². The molecule has 4 nitrogen and oxygen atoms in total. The molecule has 20 heavy (non-hydrogen) atoms. The second-order valence-corrected chi connectivity index (χ2v) is 5.46. The molecular weight excluding hydrogens is 274 g/mol. The van der Waals surface area contributed by atoms with Gasteiger partial charge in [0.15, 0.2) is 0 Å². The molecule has 5 heteroatoms. The maximum absolute atomic E-state index is 11.7. The van der Waals surface area contributed by atoms with Gasteiger partial charge in [-0.25, -0.2) is 0 Å². The average molecular weight is 294 g/mol. The third kappa shape index (κ3) is 4.46. The lowest BCUT2D eigenvalue weighted by Crippen LogP contribution is -2.41. The standard InChI is InChI=1S/C15H20ClN3O/c1-11-4-2-3-5-14(11)18-19-15(20)10-17-13-8-6-12(16)7-9-13/h5-9,11,17-18H,2-4,10H2,1H3,(H,19,20). The Morgan fingerprint density at radius 3 is 2.80 bits per heavy atom. The van der Waals surface area contributed by atoms with Crippen LogP contribution < -0.4 is 16.2 Å². The Hall–Kier alpha value is -1.68. The molecule has 1 atom stereocenters. The van der Waals surface area contributed by atoms with E-state index in [9.17, 15) is 4.79 Å². The van der Waals surface area contributed by atoms with Gasteiger partial charge in [0.25, 0.3) is 5.91 Å². The molecule has 1 aliphatic carbocycles. The molecule has 0 bridgehead atoms. The fourth-order valence-electron chi connectivity index (χ4n) is 2.15. The Labute approximate surface area is 124 Å². The minimum absolute atomic E-state index is 0.0985. The van der Waals surface area contributed by atoms with Gasteiger partial charge in [0.2, 0.25) is 0 Å². The van der Waals surface area contributed by atoms with E-state index in [2.05, 4.69) is 29.2 Å². The summed E-state index contributed by atoms with van der Waals surface area (Å²) in [5, 5.41) is 3.72. The molecule has 0 aliphatic heterocycles. The molecule has 2 rings (SSSR count). The zero-order chi connectivity index (χ0) is 14.4. The first-order valence-corrected chi connectivity index (χ1v) is 7.27. The molecule has 0 heterocycles. The monoisotopic (exact) mass is 293 g/mol. The van der Waals surface area contributed by atoms with Crippen LogP contribution in [-0.2, 0) is 4.79 Å². The lowest BCUT2D eigenvalue weighted by molar-refractivity contribution is -0.120. The largest absolute Gasteiger partial charge is 0.376 e. The van der Waals surface area contributed by atoms with Gasteiger partial charge in [0.05, 0.1) is 6.54 Å². The second-order valence-electron chi connectivity index (χ2n) is 5.03. The van der Waals surface area contributed by atoms with E-state index in [1.165, 1.54) is 6.42 Å². The average Bonchev–Trinajstić information content (AvgIpc) is 2.46. The first kappa shape index (κ1) is 14.7. The number of hydrogen-bond donors (Lipinski definition) is 3. The van der Waals surface area contributed by atoms with Gasteiger partial charge >= 0.3 is 0 Å². The number of allylic oxidation sites excluding steroid dienone is 2. The maximum atomic E-state index is 11.7. The van der Waals surface area contributed by atoms with E-state index in [0.717, 1.165) is 24.2 Å². The number of anilines is 1. The van der Waals surface area contributed by atoms with Crippen LogP contribution in [0.4, 0.5) is 5.69 Å². The minimum Gasteiger partial charge on any atom is -0.376 e. The number of carbonyl (C=O) groups excluding carboxylic acids is 1. The van der Waals surface area contributed by atoms with Crippen molar-refractivity contribution in [1.29, 1.82) is 0 Å². The summed E-state index contributed by atoms with van der Waals surface area (Å²) in [6.07, 6.45) is 5.61. The van der Waals surface area contributed by atoms with Gasteiger partial charge in [-0.2, -0.15) is 0 Å². The third-order valence-electron chi connectivity index (χ3n) is 3.38. The molecule has 1 aromatic carbocycles. The number of rotatable bonds is 5. The van der Waals surface area contributed by atoms with Gasteiger partial charge in [0, 0.05) is 16.4 Å². The molecule has 0 radical (unpaired) electrons. The van der Waals surface area contributed by atoms with Crippen LogP contribution in [0.15, 0.2) is 36.0 Å². The van der Waals surface area contributed by atoms with Crippen LogP contribution in [0, 0.1) is 5.92 Å². The van der Waals surface area contributed by atoms with Crippen LogP contribution in [0.2, 0.25) is 5.02 Å². The highest BCUT2D eigenvalue weighted by Crippen LogP contribution is 2.21. The highest BCUT2D eigenvalue weighted by Gasteiger charge is 2.13. The molecule has 108 valence electrons. The molecule has 0 aromatic heterocycles. The van der Waals surface area contributed by atoms with Crippen LogP contribution in [0.1, 0.15) is 26.2 Å². The van der Waals surface area contributed by atoms with Crippen molar-refractivity contribution in [2.75, 3.05) is 11.9 Å². The minimum atomic E-state index is -0.0985. The molecule has 0 saturated carbocycles. The molecule has 1 aliphatic rings. The van der Waals surface area contributed by atoms with Crippen LogP contribution in [0.5, 0.6) is 0 Å². The van der Waals surface area contributed by atoms with Crippen molar-refractivity contribution in [2.45, 2.75) is 26.2 Å². The molecular formula is C15H20ClN3O. The summed E-state index contributed by atoms with van der Waals surface area (Å²) in [6.45, 7) is 2.38. The number of amides is 1. The molecule has 1 unspecified atom stereocenters. The molecule has 3 N–H and O–H groups in total. The summed E-state index contributed by atoms with van der Waals surface area (Å²) in [5.74, 6) is 0.381. The Morgan fingerprint density at radius 1 is 1.35 bits per heavy atom. The van der Waals surface area contributed by atoms with Crippen LogP contribution in [0.25, 0.3) is 0 Å². The first-order valence-electron chi connectivity index (χ1n) is 6.89. The zero-order valence-corrected chi connectivity index (χ0v) is 12.3. The van der Waals surface area contributed by atoms with Gasteiger partial charge in [-0.05, 0) is 49.4 Å². The summed E-state index contributed by atoms with van der Waals surface area (Å²) >= 11 is 5.80. The quantitative estimate of drug-likeness (QED) is 0.731. The van der Waals surface area contributed by atoms with Gasteiger partial charge in [-0.1, -0.05) is 24.6 Å². The Bertz CT molecular complexity index is 484. The van der Waals surface area contributed by atoms with E-state index >= 15 is 0 Å². The van der Waals surface area contributed by atoms with Crippen molar-refractivity contribution in [3.63, 3.8) is 0 Å². The molecule has 0 fully saturated rings. The lowest BCUT2D eigenvalue weighted by Gasteiger charge is -2.22. The summed E-state index contributed by atoms with van der Waals surface area (Å²) in [4.78, 5) is 11.7. The molecule has 1 aromatic rings. The number of hydrazine groups is 1. The SMILES string of the molecule is CC1CCCC=C1NNC(=O)CNc1ccc(Cl)cc1. The number of hydrogen-bond acceptors (Lipinski definition) is 3. The molecule has 0 saturated heterocycles. The Morgan fingerprint density at radius 2 is 2.10 bits per heavy atom. The highest BCUT2D eigenvalue weighted by molar-refractivity contribution is 6.30.